The molecule has 0 aromatic heterocycles. The Morgan fingerprint density at radius 3 is 2.50 bits per heavy atom. The molecular formula is C14H23NS. The zero-order valence-corrected chi connectivity index (χ0v) is 11.7. The van der Waals surface area contributed by atoms with Gasteiger partial charge < -0.3 is 4.90 Å². The molecule has 1 unspecified atom stereocenters. The summed E-state index contributed by atoms with van der Waals surface area (Å²) in [7, 11) is 2.17. The first-order valence-electron chi connectivity index (χ1n) is 5.97. The molecule has 0 radical (unpaired) electrons. The molecule has 1 nitrogen and oxygen atoms in total. The second-order valence-electron chi connectivity index (χ2n) is 4.63. The lowest BCUT2D eigenvalue weighted by Gasteiger charge is -2.25. The summed E-state index contributed by atoms with van der Waals surface area (Å²) in [6.07, 6.45) is 1.19. The minimum atomic E-state index is 0.675. The van der Waals surface area contributed by atoms with Crippen molar-refractivity contribution < 1.29 is 0 Å². The second-order valence-corrected chi connectivity index (χ2v) is 4.99. The summed E-state index contributed by atoms with van der Waals surface area (Å²) in [5.41, 5.74) is 4.03. The average molecular weight is 237 g/mol. The van der Waals surface area contributed by atoms with E-state index in [1.807, 2.05) is 0 Å². The van der Waals surface area contributed by atoms with Crippen LogP contribution in [0, 0.1) is 19.8 Å². The van der Waals surface area contributed by atoms with E-state index >= 15 is 0 Å². The Labute approximate surface area is 105 Å². The Bertz CT molecular complexity index is 332. The fraction of sp³-hybridized carbons (Fsp3) is 0.571. The van der Waals surface area contributed by atoms with Crippen molar-refractivity contribution in [2.75, 3.05) is 24.2 Å². The normalized spacial score (nSPS) is 12.6. The molecule has 0 saturated heterocycles. The van der Waals surface area contributed by atoms with Gasteiger partial charge in [0, 0.05) is 19.3 Å². The number of anilines is 1. The summed E-state index contributed by atoms with van der Waals surface area (Å²) >= 11 is 4.40. The summed E-state index contributed by atoms with van der Waals surface area (Å²) in [5.74, 6) is 1.64. The number of aryl methyl sites for hydroxylation is 2. The Morgan fingerprint density at radius 2 is 2.00 bits per heavy atom. The lowest BCUT2D eigenvalue weighted by molar-refractivity contribution is 0.570. The predicted molar refractivity (Wildman–Crippen MR) is 76.8 cm³/mol. The van der Waals surface area contributed by atoms with Gasteiger partial charge in [-0.05, 0) is 37.1 Å². The van der Waals surface area contributed by atoms with Crippen LogP contribution in [-0.4, -0.2) is 19.3 Å². The summed E-state index contributed by atoms with van der Waals surface area (Å²) in [6, 6.07) is 6.64. The number of hydrogen-bond acceptors (Lipinski definition) is 2. The summed E-state index contributed by atoms with van der Waals surface area (Å²) in [5, 5.41) is 0. The van der Waals surface area contributed by atoms with Gasteiger partial charge in [0.15, 0.2) is 0 Å². The van der Waals surface area contributed by atoms with E-state index in [1.165, 1.54) is 23.2 Å². The first-order valence-corrected chi connectivity index (χ1v) is 6.61. The molecule has 0 saturated carbocycles. The van der Waals surface area contributed by atoms with Crippen molar-refractivity contribution in [1.82, 2.24) is 0 Å². The number of rotatable bonds is 5. The summed E-state index contributed by atoms with van der Waals surface area (Å²) in [6.45, 7) is 7.64. The largest absolute Gasteiger partial charge is 0.374 e. The van der Waals surface area contributed by atoms with E-state index in [0.717, 1.165) is 12.3 Å². The van der Waals surface area contributed by atoms with E-state index in [1.54, 1.807) is 0 Å². The molecule has 0 bridgehead atoms. The third kappa shape index (κ3) is 3.44. The van der Waals surface area contributed by atoms with E-state index in [4.69, 9.17) is 0 Å². The van der Waals surface area contributed by atoms with E-state index in [0.29, 0.717) is 5.92 Å². The quantitative estimate of drug-likeness (QED) is 0.764. The molecule has 90 valence electrons. The molecule has 0 fully saturated rings. The maximum atomic E-state index is 4.40. The Morgan fingerprint density at radius 1 is 1.31 bits per heavy atom. The van der Waals surface area contributed by atoms with Crippen molar-refractivity contribution in [3.05, 3.63) is 29.3 Å². The van der Waals surface area contributed by atoms with Crippen LogP contribution in [0.2, 0.25) is 0 Å². The fourth-order valence-electron chi connectivity index (χ4n) is 2.04. The van der Waals surface area contributed by atoms with Crippen molar-refractivity contribution in [3.8, 4) is 0 Å². The molecule has 1 rings (SSSR count). The number of hydrogen-bond donors (Lipinski definition) is 1. The first kappa shape index (κ1) is 13.4. The van der Waals surface area contributed by atoms with Gasteiger partial charge in [0.25, 0.3) is 0 Å². The van der Waals surface area contributed by atoms with Crippen molar-refractivity contribution >= 4 is 18.3 Å². The molecule has 0 amide bonds. The molecule has 0 aliphatic rings. The van der Waals surface area contributed by atoms with Crippen LogP contribution in [0.5, 0.6) is 0 Å². The highest BCUT2D eigenvalue weighted by Gasteiger charge is 2.10. The molecule has 1 aromatic carbocycles. The average Bonchev–Trinajstić information content (AvgIpc) is 2.25. The zero-order chi connectivity index (χ0) is 12.1. The summed E-state index contributed by atoms with van der Waals surface area (Å²) in [4.78, 5) is 2.35. The number of thiol groups is 1. The minimum absolute atomic E-state index is 0.675. The lowest BCUT2D eigenvalue weighted by Crippen LogP contribution is -2.26. The topological polar surface area (TPSA) is 3.24 Å². The van der Waals surface area contributed by atoms with Crippen LogP contribution in [-0.2, 0) is 0 Å². The smallest absolute Gasteiger partial charge is 0.0393 e. The third-order valence-corrected chi connectivity index (χ3v) is 3.65. The summed E-state index contributed by atoms with van der Waals surface area (Å²) < 4.78 is 0. The molecule has 1 aromatic rings. The van der Waals surface area contributed by atoms with Gasteiger partial charge >= 0.3 is 0 Å². The van der Waals surface area contributed by atoms with Crippen LogP contribution in [0.25, 0.3) is 0 Å². The minimum Gasteiger partial charge on any atom is -0.374 e. The number of nitrogens with zero attached hydrogens (tertiary/aromatic N) is 1. The first-order chi connectivity index (χ1) is 7.58. The lowest BCUT2D eigenvalue weighted by atomic mass is 10.1. The van der Waals surface area contributed by atoms with Crippen LogP contribution in [0.4, 0.5) is 5.69 Å². The van der Waals surface area contributed by atoms with E-state index in [-0.39, 0.29) is 0 Å². The van der Waals surface area contributed by atoms with Crippen LogP contribution >= 0.6 is 12.6 Å². The van der Waals surface area contributed by atoms with Crippen molar-refractivity contribution in [1.29, 1.82) is 0 Å². The Kier molecular flexibility index (Phi) is 5.20. The molecule has 0 aliphatic carbocycles. The molecule has 0 N–H and O–H groups in total. The van der Waals surface area contributed by atoms with E-state index in [9.17, 15) is 0 Å². The molecule has 0 aliphatic heterocycles. The zero-order valence-electron chi connectivity index (χ0n) is 10.8. The van der Waals surface area contributed by atoms with Crippen LogP contribution in [0.1, 0.15) is 24.5 Å². The van der Waals surface area contributed by atoms with E-state index in [2.05, 4.69) is 63.5 Å². The molecule has 16 heavy (non-hydrogen) atoms. The van der Waals surface area contributed by atoms with Gasteiger partial charge in [-0.1, -0.05) is 31.0 Å². The van der Waals surface area contributed by atoms with Crippen molar-refractivity contribution in [2.45, 2.75) is 27.2 Å². The van der Waals surface area contributed by atoms with Crippen LogP contribution < -0.4 is 4.90 Å². The molecule has 0 heterocycles. The van der Waals surface area contributed by atoms with Crippen molar-refractivity contribution in [2.24, 2.45) is 5.92 Å². The molecular weight excluding hydrogens is 214 g/mol. The standard InChI is InChI=1S/C14H23NS/c1-5-13(10-16)9-15(4)14-7-6-11(2)8-12(14)3/h6-8,13,16H,5,9-10H2,1-4H3. The Balaban J connectivity index is 2.76. The Hall–Kier alpha value is -0.630. The molecule has 2 heteroatoms. The second kappa shape index (κ2) is 6.19. The highest BCUT2D eigenvalue weighted by Crippen LogP contribution is 2.21. The van der Waals surface area contributed by atoms with Gasteiger partial charge in [0.05, 0.1) is 0 Å². The van der Waals surface area contributed by atoms with Gasteiger partial charge in [-0.3, -0.25) is 0 Å². The van der Waals surface area contributed by atoms with Gasteiger partial charge in [0.1, 0.15) is 0 Å². The van der Waals surface area contributed by atoms with Gasteiger partial charge in [-0.25, -0.2) is 0 Å². The highest BCUT2D eigenvalue weighted by atomic mass is 32.1. The third-order valence-electron chi connectivity index (χ3n) is 3.13. The van der Waals surface area contributed by atoms with Crippen LogP contribution in [0.3, 0.4) is 0 Å². The number of benzene rings is 1. The molecule has 0 spiro atoms. The van der Waals surface area contributed by atoms with Gasteiger partial charge in [0.2, 0.25) is 0 Å². The fourth-order valence-corrected chi connectivity index (χ4v) is 2.41. The highest BCUT2D eigenvalue weighted by molar-refractivity contribution is 7.80. The van der Waals surface area contributed by atoms with Gasteiger partial charge in [-0.2, -0.15) is 12.6 Å². The predicted octanol–water partition coefficient (Wildman–Crippen LogP) is 3.70. The van der Waals surface area contributed by atoms with Gasteiger partial charge in [-0.15, -0.1) is 0 Å². The van der Waals surface area contributed by atoms with Crippen LogP contribution in [0.15, 0.2) is 18.2 Å². The monoisotopic (exact) mass is 237 g/mol. The SMILES string of the molecule is CCC(CS)CN(C)c1ccc(C)cc1C. The van der Waals surface area contributed by atoms with E-state index < -0.39 is 0 Å². The van der Waals surface area contributed by atoms with Crippen molar-refractivity contribution in [3.63, 3.8) is 0 Å². The maximum Gasteiger partial charge on any atom is 0.0393 e. The maximum absolute atomic E-state index is 4.40. The molecule has 1 atom stereocenters.